The Hall–Kier alpha value is -2.43. The van der Waals surface area contributed by atoms with Crippen LogP contribution in [0.5, 0.6) is 0 Å². The normalized spacial score (nSPS) is 11.2. The SMILES string of the molecule is Cc1c(F)cccc1-n1c(C)c(C)c2c(N)ncnc21. The first-order valence-electron chi connectivity index (χ1n) is 6.36. The Morgan fingerprint density at radius 1 is 1.10 bits per heavy atom. The lowest BCUT2D eigenvalue weighted by molar-refractivity contribution is 0.617. The van der Waals surface area contributed by atoms with Crippen LogP contribution in [0.25, 0.3) is 16.7 Å². The maximum Gasteiger partial charge on any atom is 0.150 e. The minimum absolute atomic E-state index is 0.233. The predicted octanol–water partition coefficient (Wildman–Crippen LogP) is 3.07. The van der Waals surface area contributed by atoms with Gasteiger partial charge in [-0.1, -0.05) is 6.07 Å². The highest BCUT2D eigenvalue weighted by Crippen LogP contribution is 2.31. The number of nitrogen functional groups attached to an aromatic ring is 1. The van der Waals surface area contributed by atoms with E-state index >= 15 is 0 Å². The van der Waals surface area contributed by atoms with Crippen LogP contribution < -0.4 is 5.73 Å². The molecule has 0 unspecified atom stereocenters. The molecule has 0 radical (unpaired) electrons. The molecule has 3 rings (SSSR count). The molecule has 0 fully saturated rings. The van der Waals surface area contributed by atoms with Crippen LogP contribution in [0.3, 0.4) is 0 Å². The van der Waals surface area contributed by atoms with Crippen molar-refractivity contribution in [1.82, 2.24) is 14.5 Å². The number of benzene rings is 1. The molecule has 0 aliphatic carbocycles. The zero-order chi connectivity index (χ0) is 14.4. The maximum atomic E-state index is 13.8. The lowest BCUT2D eigenvalue weighted by Gasteiger charge is -2.11. The molecule has 1 aromatic carbocycles. The van der Waals surface area contributed by atoms with Crippen LogP contribution in [0.2, 0.25) is 0 Å². The molecule has 0 aliphatic rings. The first-order valence-corrected chi connectivity index (χ1v) is 6.36. The van der Waals surface area contributed by atoms with Crippen molar-refractivity contribution in [1.29, 1.82) is 0 Å². The first-order chi connectivity index (χ1) is 9.52. The molecule has 5 heteroatoms. The number of fused-ring (bicyclic) bond motifs is 1. The average Bonchev–Trinajstić information content (AvgIpc) is 2.67. The second kappa shape index (κ2) is 4.30. The van der Waals surface area contributed by atoms with E-state index in [-0.39, 0.29) is 5.82 Å². The van der Waals surface area contributed by atoms with Crippen LogP contribution in [0.15, 0.2) is 24.5 Å². The highest BCUT2D eigenvalue weighted by Gasteiger charge is 2.18. The zero-order valence-electron chi connectivity index (χ0n) is 11.6. The Balaban J connectivity index is 2.46. The quantitative estimate of drug-likeness (QED) is 0.739. The van der Waals surface area contributed by atoms with Crippen molar-refractivity contribution in [2.45, 2.75) is 20.8 Å². The Morgan fingerprint density at radius 2 is 1.85 bits per heavy atom. The van der Waals surface area contributed by atoms with E-state index in [0.717, 1.165) is 22.3 Å². The summed E-state index contributed by atoms with van der Waals surface area (Å²) < 4.78 is 15.7. The smallest absolute Gasteiger partial charge is 0.150 e. The van der Waals surface area contributed by atoms with Gasteiger partial charge in [0.1, 0.15) is 18.0 Å². The highest BCUT2D eigenvalue weighted by molar-refractivity contribution is 5.92. The van der Waals surface area contributed by atoms with E-state index in [2.05, 4.69) is 9.97 Å². The van der Waals surface area contributed by atoms with Gasteiger partial charge in [0.15, 0.2) is 5.65 Å². The van der Waals surface area contributed by atoms with Gasteiger partial charge in [0, 0.05) is 11.3 Å². The van der Waals surface area contributed by atoms with E-state index in [1.165, 1.54) is 12.4 Å². The minimum atomic E-state index is -0.233. The number of nitrogens with two attached hydrogens (primary N) is 1. The van der Waals surface area contributed by atoms with Gasteiger partial charge >= 0.3 is 0 Å². The first kappa shape index (κ1) is 12.6. The van der Waals surface area contributed by atoms with Gasteiger partial charge in [-0.05, 0) is 38.5 Å². The van der Waals surface area contributed by atoms with Crippen LogP contribution in [-0.2, 0) is 0 Å². The molecule has 4 nitrogen and oxygen atoms in total. The third-order valence-corrected chi connectivity index (χ3v) is 3.80. The fourth-order valence-corrected chi connectivity index (χ4v) is 2.56. The Morgan fingerprint density at radius 3 is 2.60 bits per heavy atom. The topological polar surface area (TPSA) is 56.7 Å². The van der Waals surface area contributed by atoms with E-state index < -0.39 is 0 Å². The molecule has 0 saturated heterocycles. The van der Waals surface area contributed by atoms with E-state index in [4.69, 9.17) is 5.73 Å². The second-order valence-electron chi connectivity index (χ2n) is 4.89. The maximum absolute atomic E-state index is 13.8. The predicted molar refractivity (Wildman–Crippen MR) is 77.4 cm³/mol. The van der Waals surface area contributed by atoms with Gasteiger partial charge in [-0.3, -0.25) is 4.57 Å². The molecule has 2 aromatic heterocycles. The number of aryl methyl sites for hydroxylation is 1. The number of aromatic nitrogens is 3. The highest BCUT2D eigenvalue weighted by atomic mass is 19.1. The van der Waals surface area contributed by atoms with Crippen LogP contribution >= 0.6 is 0 Å². The molecule has 2 heterocycles. The minimum Gasteiger partial charge on any atom is -0.383 e. The molecule has 0 aliphatic heterocycles. The molecular formula is C15H15FN4. The van der Waals surface area contributed by atoms with E-state index in [1.54, 1.807) is 13.0 Å². The Kier molecular flexibility index (Phi) is 2.71. The van der Waals surface area contributed by atoms with Crippen molar-refractivity contribution in [2.75, 3.05) is 5.73 Å². The number of anilines is 1. The van der Waals surface area contributed by atoms with Crippen LogP contribution in [0, 0.1) is 26.6 Å². The molecule has 0 atom stereocenters. The van der Waals surface area contributed by atoms with Crippen molar-refractivity contribution in [2.24, 2.45) is 0 Å². The van der Waals surface area contributed by atoms with Gasteiger partial charge in [-0.2, -0.15) is 0 Å². The van der Waals surface area contributed by atoms with Gasteiger partial charge in [0.05, 0.1) is 11.1 Å². The molecule has 20 heavy (non-hydrogen) atoms. The fourth-order valence-electron chi connectivity index (χ4n) is 2.56. The molecule has 2 N–H and O–H groups in total. The summed E-state index contributed by atoms with van der Waals surface area (Å²) in [5.74, 6) is 0.215. The summed E-state index contributed by atoms with van der Waals surface area (Å²) in [5, 5.41) is 0.827. The summed E-state index contributed by atoms with van der Waals surface area (Å²) in [5.41, 5.74) is 10.0. The van der Waals surface area contributed by atoms with Crippen LogP contribution in [0.4, 0.5) is 10.2 Å². The number of hydrogen-bond acceptors (Lipinski definition) is 3. The molecule has 0 amide bonds. The van der Waals surface area contributed by atoms with Gasteiger partial charge in [-0.15, -0.1) is 0 Å². The summed E-state index contributed by atoms with van der Waals surface area (Å²) in [4.78, 5) is 8.36. The van der Waals surface area contributed by atoms with Crippen LogP contribution in [0.1, 0.15) is 16.8 Å². The van der Waals surface area contributed by atoms with Gasteiger partial charge in [0.25, 0.3) is 0 Å². The van der Waals surface area contributed by atoms with Gasteiger partial charge < -0.3 is 5.73 Å². The monoisotopic (exact) mass is 270 g/mol. The third kappa shape index (κ3) is 1.59. The van der Waals surface area contributed by atoms with Crippen LogP contribution in [-0.4, -0.2) is 14.5 Å². The molecule has 0 spiro atoms. The molecular weight excluding hydrogens is 255 g/mol. The largest absolute Gasteiger partial charge is 0.383 e. The standard InChI is InChI=1S/C15H15FN4/c1-8-10(3)20(12-6-4-5-11(16)9(12)2)15-13(8)14(17)18-7-19-15/h4-7H,1-3H3,(H2,17,18,19). The Bertz CT molecular complexity index is 820. The average molecular weight is 270 g/mol. The molecule has 102 valence electrons. The summed E-state index contributed by atoms with van der Waals surface area (Å²) >= 11 is 0. The summed E-state index contributed by atoms with van der Waals surface area (Å²) in [6.45, 7) is 5.71. The second-order valence-corrected chi connectivity index (χ2v) is 4.89. The van der Waals surface area contributed by atoms with Crippen molar-refractivity contribution in [3.63, 3.8) is 0 Å². The van der Waals surface area contributed by atoms with Crippen molar-refractivity contribution >= 4 is 16.9 Å². The number of rotatable bonds is 1. The molecule has 3 aromatic rings. The van der Waals surface area contributed by atoms with E-state index in [0.29, 0.717) is 17.0 Å². The lowest BCUT2D eigenvalue weighted by Crippen LogP contribution is -2.02. The summed E-state index contributed by atoms with van der Waals surface area (Å²) in [7, 11) is 0. The number of nitrogens with zero attached hydrogens (tertiary/aromatic N) is 3. The lowest BCUT2D eigenvalue weighted by atomic mass is 10.2. The number of hydrogen-bond donors (Lipinski definition) is 1. The van der Waals surface area contributed by atoms with Crippen molar-refractivity contribution in [3.05, 3.63) is 47.2 Å². The molecule has 0 bridgehead atoms. The van der Waals surface area contributed by atoms with Crippen molar-refractivity contribution < 1.29 is 4.39 Å². The summed E-state index contributed by atoms with van der Waals surface area (Å²) in [6.07, 6.45) is 1.43. The van der Waals surface area contributed by atoms with Crippen molar-refractivity contribution in [3.8, 4) is 5.69 Å². The van der Waals surface area contributed by atoms with E-state index in [9.17, 15) is 4.39 Å². The zero-order valence-corrected chi connectivity index (χ0v) is 11.6. The number of halogens is 1. The van der Waals surface area contributed by atoms with Gasteiger partial charge in [0.2, 0.25) is 0 Å². The summed E-state index contributed by atoms with van der Waals surface area (Å²) in [6, 6.07) is 5.03. The molecule has 0 saturated carbocycles. The fraction of sp³-hybridized carbons (Fsp3) is 0.200. The van der Waals surface area contributed by atoms with E-state index in [1.807, 2.05) is 24.5 Å². The van der Waals surface area contributed by atoms with Gasteiger partial charge in [-0.25, -0.2) is 14.4 Å². The third-order valence-electron chi connectivity index (χ3n) is 3.80. The Labute approximate surface area is 116 Å².